The number of thioether (sulfide) groups is 1. The number of hydrogen-bond acceptors (Lipinski definition) is 8. The molecular formula is C20H17NO6S2. The molecule has 1 saturated heterocycles. The molecule has 0 spiro atoms. The van der Waals surface area contributed by atoms with Gasteiger partial charge in [0.15, 0.2) is 11.5 Å². The van der Waals surface area contributed by atoms with Crippen molar-refractivity contribution in [3.8, 4) is 11.5 Å². The maximum atomic E-state index is 12.4. The van der Waals surface area contributed by atoms with Gasteiger partial charge < -0.3 is 19.6 Å². The lowest BCUT2D eigenvalue weighted by Crippen LogP contribution is -2.42. The van der Waals surface area contributed by atoms with Crippen LogP contribution in [0.2, 0.25) is 0 Å². The van der Waals surface area contributed by atoms with Gasteiger partial charge in [0.2, 0.25) is 0 Å². The Bertz CT molecular complexity index is 1120. The SMILES string of the molecule is COc1cccc([C@H]2c3sc(=O)[nH]c3S[C@@H]3[C@@H]4C[C@H]([C@H]5C(=O)OC(=O)[C@H]45)[C@H]23)c1O. The van der Waals surface area contributed by atoms with Gasteiger partial charge in [-0.05, 0) is 30.2 Å². The first-order chi connectivity index (χ1) is 14.0. The van der Waals surface area contributed by atoms with Crippen molar-refractivity contribution in [1.29, 1.82) is 0 Å². The van der Waals surface area contributed by atoms with Gasteiger partial charge in [0.25, 0.3) is 0 Å². The normalized spacial score (nSPS) is 36.5. The Kier molecular flexibility index (Phi) is 3.57. The summed E-state index contributed by atoms with van der Waals surface area (Å²) in [6, 6.07) is 5.37. The number of nitrogens with one attached hydrogen (secondary N) is 1. The van der Waals surface area contributed by atoms with Gasteiger partial charge in [-0.1, -0.05) is 23.5 Å². The summed E-state index contributed by atoms with van der Waals surface area (Å²) in [5.74, 6) is -1.38. The lowest BCUT2D eigenvalue weighted by Gasteiger charge is -2.42. The molecule has 6 rings (SSSR count). The van der Waals surface area contributed by atoms with E-state index in [9.17, 15) is 19.5 Å². The number of fused-ring (bicyclic) bond motifs is 9. The number of phenolic OH excluding ortho intramolecular Hbond substituents is 1. The molecule has 150 valence electrons. The van der Waals surface area contributed by atoms with Gasteiger partial charge in [-0.25, -0.2) is 0 Å². The lowest BCUT2D eigenvalue weighted by molar-refractivity contribution is -0.154. The van der Waals surface area contributed by atoms with Crippen LogP contribution in [-0.2, 0) is 14.3 Å². The molecule has 0 unspecified atom stereocenters. The van der Waals surface area contributed by atoms with E-state index in [1.54, 1.807) is 17.8 Å². The van der Waals surface area contributed by atoms with E-state index in [-0.39, 0.29) is 45.5 Å². The molecule has 9 heteroatoms. The van der Waals surface area contributed by atoms with E-state index in [0.29, 0.717) is 11.3 Å². The van der Waals surface area contributed by atoms with Gasteiger partial charge in [-0.15, -0.1) is 11.8 Å². The summed E-state index contributed by atoms with van der Waals surface area (Å²) in [5.41, 5.74) is 0.693. The van der Waals surface area contributed by atoms with Crippen molar-refractivity contribution in [3.63, 3.8) is 0 Å². The molecule has 2 bridgehead atoms. The molecule has 0 radical (unpaired) electrons. The maximum absolute atomic E-state index is 12.4. The fourth-order valence-corrected chi connectivity index (χ4v) is 9.00. The van der Waals surface area contributed by atoms with Crippen molar-refractivity contribution in [1.82, 2.24) is 4.98 Å². The average Bonchev–Trinajstić information content (AvgIpc) is 3.41. The number of H-pyrrole nitrogens is 1. The second-order valence-corrected chi connectivity index (χ2v) is 10.3. The van der Waals surface area contributed by atoms with Crippen LogP contribution in [0.15, 0.2) is 28.0 Å². The van der Waals surface area contributed by atoms with Crippen molar-refractivity contribution in [3.05, 3.63) is 38.3 Å². The van der Waals surface area contributed by atoms with Crippen LogP contribution >= 0.6 is 23.1 Å². The highest BCUT2D eigenvalue weighted by Gasteiger charge is 2.69. The number of para-hydroxylation sites is 1. The molecule has 1 aromatic carbocycles. The van der Waals surface area contributed by atoms with E-state index < -0.39 is 17.9 Å². The third kappa shape index (κ3) is 2.17. The second kappa shape index (κ2) is 5.89. The topological polar surface area (TPSA) is 106 Å². The smallest absolute Gasteiger partial charge is 0.317 e. The number of carbonyl (C=O) groups is 2. The van der Waals surface area contributed by atoms with E-state index in [1.807, 2.05) is 12.1 Å². The van der Waals surface area contributed by atoms with Crippen molar-refractivity contribution in [2.45, 2.75) is 22.6 Å². The van der Waals surface area contributed by atoms with Crippen LogP contribution in [0.4, 0.5) is 0 Å². The summed E-state index contributed by atoms with van der Waals surface area (Å²) in [4.78, 5) is 40.6. The zero-order valence-electron chi connectivity index (χ0n) is 15.3. The first-order valence-electron chi connectivity index (χ1n) is 9.50. The van der Waals surface area contributed by atoms with Crippen molar-refractivity contribution < 1.29 is 24.2 Å². The molecular weight excluding hydrogens is 414 g/mol. The van der Waals surface area contributed by atoms with Crippen LogP contribution < -0.4 is 9.61 Å². The Morgan fingerprint density at radius 3 is 2.69 bits per heavy atom. The molecule has 7 nitrogen and oxygen atoms in total. The van der Waals surface area contributed by atoms with Crippen LogP contribution in [0, 0.1) is 29.6 Å². The fraction of sp³-hybridized carbons (Fsp3) is 0.450. The number of aromatic nitrogens is 1. The molecule has 4 aliphatic rings. The molecule has 2 aromatic rings. The predicted octanol–water partition coefficient (Wildman–Crippen LogP) is 2.34. The highest BCUT2D eigenvalue weighted by molar-refractivity contribution is 8.00. The number of phenols is 1. The van der Waals surface area contributed by atoms with Crippen molar-refractivity contribution in [2.24, 2.45) is 29.6 Å². The third-order valence-corrected chi connectivity index (χ3v) is 9.63. The van der Waals surface area contributed by atoms with E-state index in [0.717, 1.165) is 27.7 Å². The number of thiazole rings is 1. The first kappa shape index (κ1) is 17.6. The van der Waals surface area contributed by atoms with E-state index in [4.69, 9.17) is 9.47 Å². The Morgan fingerprint density at radius 1 is 1.17 bits per heavy atom. The Morgan fingerprint density at radius 2 is 1.93 bits per heavy atom. The van der Waals surface area contributed by atoms with Gasteiger partial charge in [0, 0.05) is 21.6 Å². The number of carbonyl (C=O) groups excluding carboxylic acids is 2. The number of methoxy groups -OCH3 is 1. The molecule has 2 aliphatic heterocycles. The largest absolute Gasteiger partial charge is 0.504 e. The zero-order valence-corrected chi connectivity index (χ0v) is 16.9. The number of rotatable bonds is 2. The molecule has 3 heterocycles. The van der Waals surface area contributed by atoms with Gasteiger partial charge in [-0.3, -0.25) is 14.4 Å². The van der Waals surface area contributed by atoms with Crippen LogP contribution in [0.1, 0.15) is 22.8 Å². The molecule has 2 aliphatic carbocycles. The van der Waals surface area contributed by atoms with E-state index >= 15 is 0 Å². The minimum Gasteiger partial charge on any atom is -0.504 e. The van der Waals surface area contributed by atoms with Crippen LogP contribution in [0.25, 0.3) is 0 Å². The van der Waals surface area contributed by atoms with Crippen molar-refractivity contribution in [2.75, 3.05) is 7.11 Å². The molecule has 3 fully saturated rings. The summed E-state index contributed by atoms with van der Waals surface area (Å²) in [6.07, 6.45) is 0.791. The number of aromatic hydroxyl groups is 1. The summed E-state index contributed by atoms with van der Waals surface area (Å²) in [6.45, 7) is 0. The monoisotopic (exact) mass is 431 g/mol. The molecule has 1 aromatic heterocycles. The minimum atomic E-state index is -0.419. The lowest BCUT2D eigenvalue weighted by atomic mass is 9.68. The predicted molar refractivity (Wildman–Crippen MR) is 104 cm³/mol. The second-order valence-electron chi connectivity index (χ2n) is 8.10. The van der Waals surface area contributed by atoms with Gasteiger partial charge in [0.05, 0.1) is 24.0 Å². The van der Waals surface area contributed by atoms with E-state index in [1.165, 1.54) is 7.11 Å². The van der Waals surface area contributed by atoms with Gasteiger partial charge in [0.1, 0.15) is 0 Å². The number of aromatic amines is 1. The molecule has 7 atom stereocenters. The van der Waals surface area contributed by atoms with Crippen molar-refractivity contribution >= 4 is 35.0 Å². The summed E-state index contributed by atoms with van der Waals surface area (Å²) >= 11 is 2.75. The summed E-state index contributed by atoms with van der Waals surface area (Å²) in [7, 11) is 1.50. The first-order valence-corrected chi connectivity index (χ1v) is 11.2. The highest BCUT2D eigenvalue weighted by Crippen LogP contribution is 2.68. The number of esters is 2. The minimum absolute atomic E-state index is 0.0117. The maximum Gasteiger partial charge on any atom is 0.317 e. The molecule has 0 amide bonds. The fourth-order valence-electron chi connectivity index (χ4n) is 6.12. The summed E-state index contributed by atoms with van der Waals surface area (Å²) in [5, 5.41) is 11.8. The number of hydrogen-bond donors (Lipinski definition) is 2. The highest BCUT2D eigenvalue weighted by atomic mass is 32.2. The van der Waals surface area contributed by atoms with Gasteiger partial charge >= 0.3 is 16.8 Å². The molecule has 29 heavy (non-hydrogen) atoms. The van der Waals surface area contributed by atoms with Gasteiger partial charge in [-0.2, -0.15) is 0 Å². The third-order valence-electron chi connectivity index (χ3n) is 7.04. The molecule has 2 saturated carbocycles. The number of ether oxygens (including phenoxy) is 2. The Balaban J connectivity index is 1.54. The number of benzene rings is 1. The summed E-state index contributed by atoms with van der Waals surface area (Å²) < 4.78 is 10.3. The Labute approximate surface area is 173 Å². The number of cyclic esters (lactones) is 2. The van der Waals surface area contributed by atoms with Crippen LogP contribution in [0.5, 0.6) is 11.5 Å². The molecule has 2 N–H and O–H groups in total. The quantitative estimate of drug-likeness (QED) is 0.555. The van der Waals surface area contributed by atoms with E-state index in [2.05, 4.69) is 4.98 Å². The zero-order chi connectivity index (χ0) is 20.0. The average molecular weight is 431 g/mol. The van der Waals surface area contributed by atoms with Crippen LogP contribution in [0.3, 0.4) is 0 Å². The van der Waals surface area contributed by atoms with Crippen LogP contribution in [-0.4, -0.2) is 34.4 Å². The Hall–Kier alpha value is -2.26. The standard InChI is InChI=1S/C20H17NO6S2/c1-26-9-4-2-3-6(14(9)22)10-11-7-5-8(13-12(7)18(23)27-19(13)24)15(11)28-17-16(10)29-20(25)21-17/h2-4,7-8,10-13,15,22H,5H2,1H3,(H,21,25)/t7-,8+,10+,11+,12+,13+,15+/m0/s1.